The van der Waals surface area contributed by atoms with Gasteiger partial charge < -0.3 is 14.0 Å². The van der Waals surface area contributed by atoms with E-state index < -0.39 is 12.2 Å². The fourth-order valence-corrected chi connectivity index (χ4v) is 3.81. The number of aryl methyl sites for hydroxylation is 1. The first-order chi connectivity index (χ1) is 17.4. The molecule has 0 saturated heterocycles. The number of ether oxygens (including phenoxy) is 2. The lowest BCUT2D eigenvalue weighted by Crippen LogP contribution is -2.16. The van der Waals surface area contributed by atoms with Gasteiger partial charge in [-0.2, -0.15) is 0 Å². The number of carbonyl (C=O) groups is 2. The molecule has 1 N–H and O–H groups in total. The first kappa shape index (κ1) is 24.7. The fraction of sp³-hybridized carbons (Fsp3) is 0.207. The molecular formula is C29H28N2O5. The van der Waals surface area contributed by atoms with Crippen LogP contribution >= 0.6 is 0 Å². The summed E-state index contributed by atoms with van der Waals surface area (Å²) in [4.78, 5) is 24.3. The van der Waals surface area contributed by atoms with Crippen LogP contribution in [-0.4, -0.2) is 23.8 Å². The summed E-state index contributed by atoms with van der Waals surface area (Å²) in [5, 5.41) is 6.81. The van der Waals surface area contributed by atoms with Crippen molar-refractivity contribution in [3.05, 3.63) is 95.7 Å². The molecule has 4 aromatic rings. The van der Waals surface area contributed by atoms with Crippen LogP contribution in [0.25, 0.3) is 22.5 Å². The molecule has 1 atom stereocenters. The standard InChI is InChI=1S/C29H28N2O5/c1-4-34-26(32)18-21-10-12-23(13-11-21)24-14-16-25(17-15-24)28-27(19(2)31-36-28)30-29(33)35-20(3)22-8-6-5-7-9-22/h5-17,20H,4,18H2,1-3H3,(H,30,33). The zero-order valence-corrected chi connectivity index (χ0v) is 20.5. The average Bonchev–Trinajstić information content (AvgIpc) is 3.25. The number of amides is 1. The number of nitrogens with zero attached hydrogens (tertiary/aromatic N) is 1. The SMILES string of the molecule is CCOC(=O)Cc1ccc(-c2ccc(-c3onc(C)c3NC(=O)OC(C)c3ccccc3)cc2)cc1. The highest BCUT2D eigenvalue weighted by Crippen LogP contribution is 2.33. The normalized spacial score (nSPS) is 11.5. The van der Waals surface area contributed by atoms with Crippen LogP contribution < -0.4 is 5.32 Å². The van der Waals surface area contributed by atoms with Gasteiger partial charge in [0.1, 0.15) is 17.5 Å². The van der Waals surface area contributed by atoms with Crippen molar-refractivity contribution in [3.8, 4) is 22.5 Å². The van der Waals surface area contributed by atoms with Crippen LogP contribution in [0, 0.1) is 6.92 Å². The van der Waals surface area contributed by atoms with Gasteiger partial charge in [0.2, 0.25) is 0 Å². The van der Waals surface area contributed by atoms with Gasteiger partial charge in [0.05, 0.1) is 13.0 Å². The average molecular weight is 485 g/mol. The highest BCUT2D eigenvalue weighted by atomic mass is 16.6. The maximum atomic E-state index is 12.6. The molecule has 1 heterocycles. The molecule has 0 spiro atoms. The minimum atomic E-state index is -0.585. The topological polar surface area (TPSA) is 90.7 Å². The van der Waals surface area contributed by atoms with E-state index in [0.29, 0.717) is 23.7 Å². The highest BCUT2D eigenvalue weighted by Gasteiger charge is 2.20. The summed E-state index contributed by atoms with van der Waals surface area (Å²) in [7, 11) is 0. The van der Waals surface area contributed by atoms with Crippen molar-refractivity contribution in [3.63, 3.8) is 0 Å². The summed E-state index contributed by atoms with van der Waals surface area (Å²) in [5.41, 5.74) is 5.61. The van der Waals surface area contributed by atoms with E-state index >= 15 is 0 Å². The predicted octanol–water partition coefficient (Wildman–Crippen LogP) is 6.73. The summed E-state index contributed by atoms with van der Waals surface area (Å²) in [5.74, 6) is 0.216. The third-order valence-electron chi connectivity index (χ3n) is 5.73. The quantitative estimate of drug-likeness (QED) is 0.279. The monoisotopic (exact) mass is 484 g/mol. The molecule has 1 unspecified atom stereocenters. The van der Waals surface area contributed by atoms with Crippen LogP contribution in [0.1, 0.15) is 36.8 Å². The van der Waals surface area contributed by atoms with Crippen LogP contribution in [0.15, 0.2) is 83.4 Å². The lowest BCUT2D eigenvalue weighted by molar-refractivity contribution is -0.142. The van der Waals surface area contributed by atoms with Gasteiger partial charge >= 0.3 is 12.1 Å². The molecule has 7 heteroatoms. The Kier molecular flexibility index (Phi) is 7.80. The smallest absolute Gasteiger partial charge is 0.412 e. The number of nitrogens with one attached hydrogen (secondary N) is 1. The van der Waals surface area contributed by atoms with Crippen molar-refractivity contribution >= 4 is 17.7 Å². The Bertz CT molecular complexity index is 1310. The minimum Gasteiger partial charge on any atom is -0.466 e. The van der Waals surface area contributed by atoms with E-state index in [1.54, 1.807) is 13.8 Å². The highest BCUT2D eigenvalue weighted by molar-refractivity contribution is 5.91. The van der Waals surface area contributed by atoms with Crippen LogP contribution in [0.4, 0.5) is 10.5 Å². The van der Waals surface area contributed by atoms with Gasteiger partial charge in [0.15, 0.2) is 5.76 Å². The Labute approximate surface area is 210 Å². The second-order valence-corrected chi connectivity index (χ2v) is 8.31. The van der Waals surface area contributed by atoms with Crippen molar-refractivity contribution in [1.82, 2.24) is 5.16 Å². The predicted molar refractivity (Wildman–Crippen MR) is 137 cm³/mol. The molecule has 184 valence electrons. The molecule has 4 rings (SSSR count). The number of hydrogen-bond donors (Lipinski definition) is 1. The van der Waals surface area contributed by atoms with Gasteiger partial charge in [-0.05, 0) is 43.0 Å². The van der Waals surface area contributed by atoms with Crippen LogP contribution in [0.5, 0.6) is 0 Å². The molecule has 1 amide bonds. The summed E-state index contributed by atoms with van der Waals surface area (Å²) < 4.78 is 16.1. The fourth-order valence-electron chi connectivity index (χ4n) is 3.81. The number of aromatic nitrogens is 1. The van der Waals surface area contributed by atoms with Crippen LogP contribution in [-0.2, 0) is 20.7 Å². The third kappa shape index (κ3) is 5.99. The van der Waals surface area contributed by atoms with Gasteiger partial charge in [-0.3, -0.25) is 10.1 Å². The molecule has 3 aromatic carbocycles. The number of anilines is 1. The number of rotatable bonds is 8. The van der Waals surface area contributed by atoms with Crippen molar-refractivity contribution in [1.29, 1.82) is 0 Å². The van der Waals surface area contributed by atoms with Crippen LogP contribution in [0.2, 0.25) is 0 Å². The van der Waals surface area contributed by atoms with Crippen molar-refractivity contribution in [2.24, 2.45) is 0 Å². The summed E-state index contributed by atoms with van der Waals surface area (Å²) in [6.45, 7) is 5.75. The molecule has 0 aliphatic heterocycles. The molecule has 0 fully saturated rings. The van der Waals surface area contributed by atoms with Crippen molar-refractivity contribution in [2.45, 2.75) is 33.3 Å². The summed E-state index contributed by atoms with van der Waals surface area (Å²) >= 11 is 0. The molecule has 0 bridgehead atoms. The van der Waals surface area contributed by atoms with E-state index in [1.807, 2.05) is 85.8 Å². The van der Waals surface area contributed by atoms with E-state index in [0.717, 1.165) is 27.8 Å². The Morgan fingerprint density at radius 2 is 1.53 bits per heavy atom. The molecule has 1 aromatic heterocycles. The number of esters is 1. The summed E-state index contributed by atoms with van der Waals surface area (Å²) in [6.07, 6.45) is -0.739. The second kappa shape index (κ2) is 11.4. The van der Waals surface area contributed by atoms with Gasteiger partial charge in [-0.15, -0.1) is 0 Å². The number of benzene rings is 3. The van der Waals surface area contributed by atoms with E-state index in [1.165, 1.54) is 0 Å². The Morgan fingerprint density at radius 3 is 2.17 bits per heavy atom. The Morgan fingerprint density at radius 1 is 0.917 bits per heavy atom. The molecule has 0 aliphatic carbocycles. The lowest BCUT2D eigenvalue weighted by Gasteiger charge is -2.14. The Hall–Kier alpha value is -4.39. The zero-order valence-electron chi connectivity index (χ0n) is 20.5. The maximum absolute atomic E-state index is 12.6. The van der Waals surface area contributed by atoms with Gasteiger partial charge in [-0.1, -0.05) is 84.0 Å². The molecule has 0 radical (unpaired) electrons. The van der Waals surface area contributed by atoms with E-state index in [9.17, 15) is 9.59 Å². The van der Waals surface area contributed by atoms with E-state index in [2.05, 4.69) is 10.5 Å². The maximum Gasteiger partial charge on any atom is 0.412 e. The molecule has 0 aliphatic rings. The summed E-state index contributed by atoms with van der Waals surface area (Å²) in [6, 6.07) is 25.1. The minimum absolute atomic E-state index is 0.236. The lowest BCUT2D eigenvalue weighted by atomic mass is 10.0. The second-order valence-electron chi connectivity index (χ2n) is 8.31. The first-order valence-corrected chi connectivity index (χ1v) is 11.8. The van der Waals surface area contributed by atoms with E-state index in [-0.39, 0.29) is 12.4 Å². The van der Waals surface area contributed by atoms with Gasteiger partial charge in [-0.25, -0.2) is 4.79 Å². The number of carbonyl (C=O) groups excluding carboxylic acids is 2. The van der Waals surface area contributed by atoms with Crippen LogP contribution in [0.3, 0.4) is 0 Å². The first-order valence-electron chi connectivity index (χ1n) is 11.8. The molecular weight excluding hydrogens is 456 g/mol. The van der Waals surface area contributed by atoms with Gasteiger partial charge in [0, 0.05) is 5.56 Å². The largest absolute Gasteiger partial charge is 0.466 e. The molecule has 36 heavy (non-hydrogen) atoms. The third-order valence-corrected chi connectivity index (χ3v) is 5.73. The zero-order chi connectivity index (χ0) is 25.5. The Balaban J connectivity index is 1.45. The van der Waals surface area contributed by atoms with Crippen molar-refractivity contribution in [2.75, 3.05) is 11.9 Å². The molecule has 7 nitrogen and oxygen atoms in total. The van der Waals surface area contributed by atoms with E-state index in [4.69, 9.17) is 14.0 Å². The van der Waals surface area contributed by atoms with Gasteiger partial charge in [0.25, 0.3) is 0 Å². The van der Waals surface area contributed by atoms with Crippen molar-refractivity contribution < 1.29 is 23.6 Å². The molecule has 0 saturated carbocycles. The number of hydrogen-bond acceptors (Lipinski definition) is 6.